The Morgan fingerprint density at radius 1 is 1.08 bits per heavy atom. The molecule has 0 atom stereocenters. The number of para-hydroxylation sites is 2. The molecule has 0 radical (unpaired) electrons. The summed E-state index contributed by atoms with van der Waals surface area (Å²) in [4.78, 5) is 28.5. The van der Waals surface area contributed by atoms with E-state index in [-0.39, 0.29) is 18.2 Å². The zero-order valence-electron chi connectivity index (χ0n) is 13.1. The Morgan fingerprint density at radius 3 is 2.62 bits per heavy atom. The normalized spacial score (nSPS) is 10.5. The summed E-state index contributed by atoms with van der Waals surface area (Å²) < 4.78 is 10.6. The van der Waals surface area contributed by atoms with Gasteiger partial charge in [-0.05, 0) is 29.8 Å². The lowest BCUT2D eigenvalue weighted by Gasteiger charge is -2.10. The fourth-order valence-electron chi connectivity index (χ4n) is 2.32. The molecule has 0 aliphatic rings. The number of amides is 1. The molecular formula is C17H17N3O4. The smallest absolute Gasteiger partial charge is 0.323 e. The van der Waals surface area contributed by atoms with Gasteiger partial charge in [-0.25, -0.2) is 4.79 Å². The molecule has 0 unspecified atom stereocenters. The molecule has 0 aliphatic heterocycles. The van der Waals surface area contributed by atoms with Crippen LogP contribution in [0.5, 0.6) is 11.5 Å². The Labute approximate surface area is 137 Å². The monoisotopic (exact) mass is 327 g/mol. The van der Waals surface area contributed by atoms with Gasteiger partial charge in [0.15, 0.2) is 18.1 Å². The maximum Gasteiger partial charge on any atom is 0.323 e. The summed E-state index contributed by atoms with van der Waals surface area (Å²) in [6, 6.07) is 12.6. The Hall–Kier alpha value is -3.22. The molecule has 3 N–H and O–H groups in total. The molecule has 7 heteroatoms. The van der Waals surface area contributed by atoms with Crippen molar-refractivity contribution in [3.63, 3.8) is 0 Å². The maximum atomic E-state index is 11.9. The summed E-state index contributed by atoms with van der Waals surface area (Å²) in [5.41, 5.74) is 2.06. The molecular weight excluding hydrogens is 310 g/mol. The molecule has 0 bridgehead atoms. The lowest BCUT2D eigenvalue weighted by molar-refractivity contribution is -0.123. The Morgan fingerprint density at radius 2 is 1.83 bits per heavy atom. The Balaban J connectivity index is 1.55. The quantitative estimate of drug-likeness (QED) is 0.640. The highest BCUT2D eigenvalue weighted by Crippen LogP contribution is 2.25. The van der Waals surface area contributed by atoms with Gasteiger partial charge in [0.2, 0.25) is 0 Å². The first-order valence-electron chi connectivity index (χ1n) is 7.39. The van der Waals surface area contributed by atoms with Crippen molar-refractivity contribution in [3.05, 3.63) is 58.5 Å². The number of nitrogens with one attached hydrogen (secondary N) is 3. The third-order valence-corrected chi connectivity index (χ3v) is 3.50. The number of hydrogen-bond acceptors (Lipinski definition) is 4. The van der Waals surface area contributed by atoms with Crippen molar-refractivity contribution in [2.24, 2.45) is 0 Å². The number of fused-ring (bicyclic) bond motifs is 1. The Bertz CT molecular complexity index is 913. The van der Waals surface area contributed by atoms with E-state index in [1.165, 1.54) is 0 Å². The maximum absolute atomic E-state index is 11.9. The van der Waals surface area contributed by atoms with E-state index in [0.29, 0.717) is 23.6 Å². The zero-order valence-corrected chi connectivity index (χ0v) is 13.1. The van der Waals surface area contributed by atoms with E-state index in [9.17, 15) is 9.59 Å². The van der Waals surface area contributed by atoms with Crippen LogP contribution in [0.3, 0.4) is 0 Å². The van der Waals surface area contributed by atoms with Crippen LogP contribution >= 0.6 is 0 Å². The van der Waals surface area contributed by atoms with Crippen LogP contribution in [0.4, 0.5) is 0 Å². The van der Waals surface area contributed by atoms with Gasteiger partial charge in [-0.1, -0.05) is 18.2 Å². The molecule has 1 aromatic heterocycles. The van der Waals surface area contributed by atoms with Crippen molar-refractivity contribution in [1.82, 2.24) is 15.3 Å². The van der Waals surface area contributed by atoms with Crippen molar-refractivity contribution < 1.29 is 14.3 Å². The highest BCUT2D eigenvalue weighted by molar-refractivity contribution is 5.78. The molecule has 2 aromatic carbocycles. The van der Waals surface area contributed by atoms with Crippen molar-refractivity contribution >= 4 is 16.9 Å². The summed E-state index contributed by atoms with van der Waals surface area (Å²) in [6.45, 7) is 0.237. The van der Waals surface area contributed by atoms with E-state index < -0.39 is 0 Å². The SMILES string of the molecule is COc1ccccc1OCC(=O)NCc1ccc2[nH]c(=O)[nH]c2c1. The number of rotatable bonds is 6. The van der Waals surface area contributed by atoms with Gasteiger partial charge in [0, 0.05) is 6.54 Å². The van der Waals surface area contributed by atoms with Crippen molar-refractivity contribution in [2.45, 2.75) is 6.54 Å². The minimum Gasteiger partial charge on any atom is -0.493 e. The molecule has 0 spiro atoms. The van der Waals surface area contributed by atoms with E-state index >= 15 is 0 Å². The van der Waals surface area contributed by atoms with E-state index in [1.807, 2.05) is 24.3 Å². The molecule has 124 valence electrons. The van der Waals surface area contributed by atoms with Gasteiger partial charge in [-0.2, -0.15) is 0 Å². The van der Waals surface area contributed by atoms with Gasteiger partial charge in [-0.3, -0.25) is 4.79 Å². The second-order valence-electron chi connectivity index (χ2n) is 5.18. The van der Waals surface area contributed by atoms with Gasteiger partial charge >= 0.3 is 5.69 Å². The highest BCUT2D eigenvalue weighted by Gasteiger charge is 2.07. The standard InChI is InChI=1S/C17H17N3O4/c1-23-14-4-2-3-5-15(14)24-10-16(21)18-9-11-6-7-12-13(8-11)20-17(22)19-12/h2-8H,9-10H2,1H3,(H,18,21)(H2,19,20,22). The number of aromatic amines is 2. The third-order valence-electron chi connectivity index (χ3n) is 3.50. The molecule has 7 nitrogen and oxygen atoms in total. The van der Waals surface area contributed by atoms with E-state index in [0.717, 1.165) is 11.1 Å². The molecule has 0 saturated heterocycles. The number of methoxy groups -OCH3 is 1. The summed E-state index contributed by atoms with van der Waals surface area (Å²) in [5.74, 6) is 0.845. The van der Waals surface area contributed by atoms with Crippen LogP contribution in [0.15, 0.2) is 47.3 Å². The zero-order chi connectivity index (χ0) is 16.9. The van der Waals surface area contributed by atoms with Crippen LogP contribution in [-0.2, 0) is 11.3 Å². The molecule has 3 rings (SSSR count). The van der Waals surface area contributed by atoms with Crippen molar-refractivity contribution in [3.8, 4) is 11.5 Å². The predicted molar refractivity (Wildman–Crippen MR) is 89.3 cm³/mol. The number of imidazole rings is 1. The summed E-state index contributed by atoms with van der Waals surface area (Å²) in [6.07, 6.45) is 0. The van der Waals surface area contributed by atoms with Gasteiger partial charge in [-0.15, -0.1) is 0 Å². The van der Waals surface area contributed by atoms with Gasteiger partial charge in [0.1, 0.15) is 0 Å². The van der Waals surface area contributed by atoms with Crippen LogP contribution < -0.4 is 20.5 Å². The topological polar surface area (TPSA) is 96.2 Å². The fourth-order valence-corrected chi connectivity index (χ4v) is 2.32. The first-order chi connectivity index (χ1) is 11.7. The van der Waals surface area contributed by atoms with Gasteiger partial charge < -0.3 is 24.8 Å². The minimum atomic E-state index is -0.253. The lowest BCUT2D eigenvalue weighted by atomic mass is 10.2. The molecule has 0 fully saturated rings. The molecule has 1 heterocycles. The number of H-pyrrole nitrogens is 2. The molecule has 3 aromatic rings. The fraction of sp³-hybridized carbons (Fsp3) is 0.176. The number of hydrogen-bond donors (Lipinski definition) is 3. The molecule has 1 amide bonds. The van der Waals surface area contributed by atoms with Crippen molar-refractivity contribution in [2.75, 3.05) is 13.7 Å². The number of carbonyl (C=O) groups excluding carboxylic acids is 1. The number of carbonyl (C=O) groups is 1. The van der Waals surface area contributed by atoms with Crippen molar-refractivity contribution in [1.29, 1.82) is 0 Å². The third kappa shape index (κ3) is 3.57. The van der Waals surface area contributed by atoms with E-state index in [1.54, 1.807) is 25.3 Å². The van der Waals surface area contributed by atoms with Crippen LogP contribution in [0.25, 0.3) is 11.0 Å². The molecule has 0 saturated carbocycles. The number of ether oxygens (including phenoxy) is 2. The van der Waals surface area contributed by atoms with Gasteiger partial charge in [0.25, 0.3) is 5.91 Å². The number of aromatic nitrogens is 2. The van der Waals surface area contributed by atoms with Crippen LogP contribution in [0, 0.1) is 0 Å². The summed E-state index contributed by atoms with van der Waals surface area (Å²) in [5, 5.41) is 2.77. The first-order valence-corrected chi connectivity index (χ1v) is 7.39. The second kappa shape index (κ2) is 6.91. The molecule has 24 heavy (non-hydrogen) atoms. The number of benzene rings is 2. The lowest BCUT2D eigenvalue weighted by Crippen LogP contribution is -2.28. The van der Waals surface area contributed by atoms with Crippen LogP contribution in [0.2, 0.25) is 0 Å². The second-order valence-corrected chi connectivity index (χ2v) is 5.18. The predicted octanol–water partition coefficient (Wildman–Crippen LogP) is 1.56. The van der Waals surface area contributed by atoms with Crippen LogP contribution in [-0.4, -0.2) is 29.6 Å². The minimum absolute atomic E-state index is 0.108. The average Bonchev–Trinajstić information content (AvgIpc) is 2.97. The first kappa shape index (κ1) is 15.7. The molecule has 0 aliphatic carbocycles. The average molecular weight is 327 g/mol. The largest absolute Gasteiger partial charge is 0.493 e. The van der Waals surface area contributed by atoms with Gasteiger partial charge in [0.05, 0.1) is 18.1 Å². The highest BCUT2D eigenvalue weighted by atomic mass is 16.5. The van der Waals surface area contributed by atoms with E-state index in [4.69, 9.17) is 9.47 Å². The summed E-state index contributed by atoms with van der Waals surface area (Å²) >= 11 is 0. The summed E-state index contributed by atoms with van der Waals surface area (Å²) in [7, 11) is 1.55. The van der Waals surface area contributed by atoms with E-state index in [2.05, 4.69) is 15.3 Å². The van der Waals surface area contributed by atoms with Crippen LogP contribution in [0.1, 0.15) is 5.56 Å². The Kier molecular flexibility index (Phi) is 4.51.